The molecule has 1 aromatic carbocycles. The second-order valence-electron chi connectivity index (χ2n) is 2.57. The molecule has 1 N–H and O–H groups in total. The zero-order valence-corrected chi connectivity index (χ0v) is 8.45. The molecule has 0 amide bonds. The molecule has 0 atom stereocenters. The van der Waals surface area contributed by atoms with Crippen molar-refractivity contribution in [3.05, 3.63) is 22.5 Å². The number of ether oxygens (including phenoxy) is 1. The number of phenolic OH excluding ortho intramolecular Hbond substituents is 1. The number of hydrogen-bond donors (Lipinski definition) is 1. The maximum Gasteiger partial charge on any atom is 0.166 e. The van der Waals surface area contributed by atoms with Crippen LogP contribution in [0.25, 0.3) is 10.1 Å². The van der Waals surface area contributed by atoms with Crippen LogP contribution >= 0.6 is 22.9 Å². The van der Waals surface area contributed by atoms with Gasteiger partial charge in [-0.15, -0.1) is 11.3 Å². The monoisotopic (exact) mass is 214 g/mol. The molecule has 2 aromatic rings. The van der Waals surface area contributed by atoms with E-state index in [0.29, 0.717) is 10.8 Å². The van der Waals surface area contributed by atoms with Crippen LogP contribution in [0.2, 0.25) is 5.02 Å². The van der Waals surface area contributed by atoms with Gasteiger partial charge in [0.25, 0.3) is 0 Å². The Kier molecular flexibility index (Phi) is 2.06. The van der Waals surface area contributed by atoms with E-state index in [1.165, 1.54) is 18.4 Å². The molecule has 0 bridgehead atoms. The average molecular weight is 215 g/mol. The van der Waals surface area contributed by atoms with Gasteiger partial charge < -0.3 is 9.84 Å². The summed E-state index contributed by atoms with van der Waals surface area (Å²) in [5.74, 6) is 0.569. The van der Waals surface area contributed by atoms with Crippen LogP contribution in [0.5, 0.6) is 11.5 Å². The molecule has 0 saturated heterocycles. The molecule has 0 aliphatic carbocycles. The number of fused-ring (bicyclic) bond motifs is 1. The molecule has 2 rings (SSSR count). The Morgan fingerprint density at radius 1 is 1.54 bits per heavy atom. The van der Waals surface area contributed by atoms with E-state index in [1.807, 2.05) is 11.4 Å². The summed E-state index contributed by atoms with van der Waals surface area (Å²) in [5.41, 5.74) is 0. The third kappa shape index (κ3) is 1.24. The second-order valence-corrected chi connectivity index (χ2v) is 3.90. The number of aromatic hydroxyl groups is 1. The summed E-state index contributed by atoms with van der Waals surface area (Å²) in [4.78, 5) is 0. The van der Waals surface area contributed by atoms with Crippen molar-refractivity contribution in [1.82, 2.24) is 0 Å². The maximum atomic E-state index is 9.69. The Hall–Kier alpha value is -0.930. The van der Waals surface area contributed by atoms with Crippen molar-refractivity contribution < 1.29 is 9.84 Å². The van der Waals surface area contributed by atoms with Crippen molar-refractivity contribution in [1.29, 1.82) is 0 Å². The molecule has 0 spiro atoms. The maximum absolute atomic E-state index is 9.69. The van der Waals surface area contributed by atoms with E-state index >= 15 is 0 Å². The normalized spacial score (nSPS) is 10.6. The molecule has 4 heteroatoms. The predicted octanol–water partition coefficient (Wildman–Crippen LogP) is 3.27. The highest BCUT2D eigenvalue weighted by molar-refractivity contribution is 7.18. The van der Waals surface area contributed by atoms with E-state index in [1.54, 1.807) is 6.07 Å². The van der Waals surface area contributed by atoms with Gasteiger partial charge in [0.1, 0.15) is 0 Å². The molecule has 0 saturated carbocycles. The topological polar surface area (TPSA) is 29.5 Å². The van der Waals surface area contributed by atoms with Crippen molar-refractivity contribution in [3.8, 4) is 11.5 Å². The molecular weight excluding hydrogens is 208 g/mol. The first-order valence-electron chi connectivity index (χ1n) is 3.66. The molecule has 0 fully saturated rings. The Bertz CT molecular complexity index is 450. The van der Waals surface area contributed by atoms with Crippen molar-refractivity contribution >= 4 is 33.0 Å². The molecule has 13 heavy (non-hydrogen) atoms. The largest absolute Gasteiger partial charge is 0.504 e. The second kappa shape index (κ2) is 3.09. The fraction of sp³-hybridized carbons (Fsp3) is 0.111. The lowest BCUT2D eigenvalue weighted by atomic mass is 10.2. The van der Waals surface area contributed by atoms with Gasteiger partial charge in [0.2, 0.25) is 0 Å². The number of methoxy groups -OCH3 is 1. The lowest BCUT2D eigenvalue weighted by molar-refractivity contribution is 0.376. The zero-order chi connectivity index (χ0) is 9.42. The van der Waals surface area contributed by atoms with E-state index in [2.05, 4.69) is 0 Å². The van der Waals surface area contributed by atoms with Crippen molar-refractivity contribution in [2.24, 2.45) is 0 Å². The van der Waals surface area contributed by atoms with E-state index in [9.17, 15) is 5.11 Å². The first-order valence-corrected chi connectivity index (χ1v) is 4.92. The van der Waals surface area contributed by atoms with Crippen LogP contribution in [-0.2, 0) is 0 Å². The molecule has 0 unspecified atom stereocenters. The third-order valence-electron chi connectivity index (χ3n) is 1.85. The van der Waals surface area contributed by atoms with Crippen LogP contribution in [0.15, 0.2) is 17.5 Å². The number of phenols is 1. The summed E-state index contributed by atoms with van der Waals surface area (Å²) in [6, 6.07) is 3.44. The highest BCUT2D eigenvalue weighted by Gasteiger charge is 2.11. The lowest BCUT2D eigenvalue weighted by Crippen LogP contribution is -1.83. The molecule has 1 aromatic heterocycles. The van der Waals surface area contributed by atoms with E-state index in [4.69, 9.17) is 16.3 Å². The smallest absolute Gasteiger partial charge is 0.166 e. The summed E-state index contributed by atoms with van der Waals surface area (Å²) >= 11 is 7.47. The average Bonchev–Trinajstić information content (AvgIpc) is 2.60. The molecule has 0 radical (unpaired) electrons. The van der Waals surface area contributed by atoms with Crippen molar-refractivity contribution in [2.45, 2.75) is 0 Å². The van der Waals surface area contributed by atoms with E-state index < -0.39 is 0 Å². The number of benzene rings is 1. The standard InChI is InChI=1S/C9H7ClO2S/c1-12-7-4-6(10)9-5(8(7)11)2-3-13-9/h2-4,11H,1H3. The number of rotatable bonds is 1. The van der Waals surface area contributed by atoms with Gasteiger partial charge in [-0.05, 0) is 11.4 Å². The van der Waals surface area contributed by atoms with Crippen LogP contribution in [0, 0.1) is 0 Å². The van der Waals surface area contributed by atoms with Gasteiger partial charge in [-0.3, -0.25) is 0 Å². The van der Waals surface area contributed by atoms with Crippen molar-refractivity contribution in [3.63, 3.8) is 0 Å². The van der Waals surface area contributed by atoms with Gasteiger partial charge in [0.05, 0.1) is 16.8 Å². The van der Waals surface area contributed by atoms with Gasteiger partial charge in [0.15, 0.2) is 11.5 Å². The van der Waals surface area contributed by atoms with Crippen LogP contribution in [-0.4, -0.2) is 12.2 Å². The minimum atomic E-state index is 0.156. The van der Waals surface area contributed by atoms with Gasteiger partial charge in [-0.2, -0.15) is 0 Å². The zero-order valence-electron chi connectivity index (χ0n) is 6.87. The Balaban J connectivity index is 2.85. The van der Waals surface area contributed by atoms with Crippen LogP contribution in [0.3, 0.4) is 0 Å². The minimum Gasteiger partial charge on any atom is -0.504 e. The summed E-state index contributed by atoms with van der Waals surface area (Å²) in [5, 5.41) is 12.9. The van der Waals surface area contributed by atoms with Gasteiger partial charge in [0, 0.05) is 11.5 Å². The first kappa shape index (κ1) is 8.66. The predicted molar refractivity (Wildman–Crippen MR) is 55.1 cm³/mol. The Morgan fingerprint density at radius 2 is 2.31 bits per heavy atom. The fourth-order valence-corrected chi connectivity index (χ4v) is 2.36. The quantitative estimate of drug-likeness (QED) is 0.790. The van der Waals surface area contributed by atoms with Gasteiger partial charge >= 0.3 is 0 Å². The summed E-state index contributed by atoms with van der Waals surface area (Å²) in [7, 11) is 1.50. The van der Waals surface area contributed by atoms with Crippen molar-refractivity contribution in [2.75, 3.05) is 7.11 Å². The SMILES string of the molecule is COc1cc(Cl)c2sccc2c1O. The minimum absolute atomic E-state index is 0.156. The lowest BCUT2D eigenvalue weighted by Gasteiger charge is -2.04. The summed E-state index contributed by atoms with van der Waals surface area (Å²) < 4.78 is 5.86. The molecule has 1 heterocycles. The number of hydrogen-bond acceptors (Lipinski definition) is 3. The molecule has 2 nitrogen and oxygen atoms in total. The molecule has 0 aliphatic rings. The van der Waals surface area contributed by atoms with Crippen LogP contribution in [0.4, 0.5) is 0 Å². The fourth-order valence-electron chi connectivity index (χ4n) is 1.22. The number of thiophene rings is 1. The Labute approximate surface area is 84.3 Å². The Morgan fingerprint density at radius 3 is 3.00 bits per heavy atom. The summed E-state index contributed by atoms with van der Waals surface area (Å²) in [6.07, 6.45) is 0. The molecule has 0 aliphatic heterocycles. The van der Waals surface area contributed by atoms with E-state index in [-0.39, 0.29) is 5.75 Å². The number of halogens is 1. The van der Waals surface area contributed by atoms with E-state index in [0.717, 1.165) is 10.1 Å². The molecular formula is C9H7ClO2S. The highest BCUT2D eigenvalue weighted by atomic mass is 35.5. The summed E-state index contributed by atoms with van der Waals surface area (Å²) in [6.45, 7) is 0. The first-order chi connectivity index (χ1) is 6.24. The highest BCUT2D eigenvalue weighted by Crippen LogP contribution is 2.41. The molecule has 68 valence electrons. The van der Waals surface area contributed by atoms with Gasteiger partial charge in [-0.25, -0.2) is 0 Å². The van der Waals surface area contributed by atoms with Crippen LogP contribution < -0.4 is 4.74 Å². The third-order valence-corrected chi connectivity index (χ3v) is 3.21. The van der Waals surface area contributed by atoms with Crippen LogP contribution in [0.1, 0.15) is 0 Å². The van der Waals surface area contributed by atoms with Gasteiger partial charge in [-0.1, -0.05) is 11.6 Å².